The van der Waals surface area contributed by atoms with Crippen LogP contribution in [0, 0.1) is 0 Å². The number of hydrogen-bond acceptors (Lipinski definition) is 4. The maximum absolute atomic E-state index is 12.2. The minimum absolute atomic E-state index is 0.0255. The third-order valence-corrected chi connectivity index (χ3v) is 6.98. The van der Waals surface area contributed by atoms with Crippen LogP contribution in [0.2, 0.25) is 0 Å². The minimum atomic E-state index is -3.29. The Balaban J connectivity index is 1.51. The Morgan fingerprint density at radius 1 is 1.11 bits per heavy atom. The molecule has 0 saturated carbocycles. The van der Waals surface area contributed by atoms with E-state index in [1.165, 1.54) is 11.1 Å². The molecule has 144 valence electrons. The van der Waals surface area contributed by atoms with E-state index in [1.54, 1.807) is 38.1 Å². The molecule has 1 heterocycles. The zero-order valence-electron chi connectivity index (χ0n) is 15.6. The van der Waals surface area contributed by atoms with Crippen molar-refractivity contribution in [3.05, 3.63) is 65.2 Å². The fourth-order valence-electron chi connectivity index (χ4n) is 3.09. The van der Waals surface area contributed by atoms with E-state index in [1.807, 2.05) is 12.1 Å². The molecule has 1 aliphatic heterocycles. The molecule has 1 N–H and O–H groups in total. The van der Waals surface area contributed by atoms with E-state index in [-0.39, 0.29) is 23.3 Å². The molecule has 5 nitrogen and oxygen atoms in total. The molecule has 0 fully saturated rings. The lowest BCUT2D eigenvalue weighted by molar-refractivity contribution is -0.121. The minimum Gasteiger partial charge on any atom is -0.371 e. The third-order valence-electron chi connectivity index (χ3n) is 4.80. The normalized spacial score (nSPS) is 16.8. The van der Waals surface area contributed by atoms with Crippen molar-refractivity contribution in [3.8, 4) is 0 Å². The van der Waals surface area contributed by atoms with Crippen LogP contribution >= 0.6 is 0 Å². The molecule has 0 aliphatic carbocycles. The van der Waals surface area contributed by atoms with E-state index >= 15 is 0 Å². The number of carbonyl (C=O) groups is 1. The van der Waals surface area contributed by atoms with E-state index in [2.05, 4.69) is 17.4 Å². The third kappa shape index (κ3) is 4.76. The van der Waals surface area contributed by atoms with Gasteiger partial charge in [0.15, 0.2) is 9.84 Å². The van der Waals surface area contributed by atoms with E-state index in [0.29, 0.717) is 13.2 Å². The summed E-state index contributed by atoms with van der Waals surface area (Å²) in [5.74, 6) is -0.100. The van der Waals surface area contributed by atoms with Crippen molar-refractivity contribution in [1.82, 2.24) is 5.32 Å². The Morgan fingerprint density at radius 3 is 2.44 bits per heavy atom. The molecule has 0 saturated heterocycles. The zero-order valence-corrected chi connectivity index (χ0v) is 16.5. The molecule has 2 aromatic carbocycles. The number of rotatable bonds is 6. The summed E-state index contributed by atoms with van der Waals surface area (Å²) in [4.78, 5) is 12.5. The van der Waals surface area contributed by atoms with E-state index in [4.69, 9.17) is 4.74 Å². The molecule has 0 bridgehead atoms. The number of nitrogens with one attached hydrogen (secondary N) is 1. The quantitative estimate of drug-likeness (QED) is 0.827. The maximum Gasteiger partial charge on any atom is 0.224 e. The van der Waals surface area contributed by atoms with Crippen LogP contribution in [0.3, 0.4) is 0 Å². The van der Waals surface area contributed by atoms with Gasteiger partial charge in [-0.05, 0) is 42.7 Å². The van der Waals surface area contributed by atoms with Crippen LogP contribution in [0.25, 0.3) is 0 Å². The van der Waals surface area contributed by atoms with Gasteiger partial charge in [-0.2, -0.15) is 0 Å². The predicted molar refractivity (Wildman–Crippen MR) is 104 cm³/mol. The average Bonchev–Trinajstić information content (AvgIpc) is 2.66. The highest BCUT2D eigenvalue weighted by Gasteiger charge is 2.20. The first-order valence-corrected chi connectivity index (χ1v) is 10.7. The summed E-state index contributed by atoms with van der Waals surface area (Å²) in [6, 6.07) is 14.7. The van der Waals surface area contributed by atoms with Crippen LogP contribution in [0.15, 0.2) is 53.4 Å². The maximum atomic E-state index is 12.2. The summed E-state index contributed by atoms with van der Waals surface area (Å²) in [5, 5.41) is 2.45. The lowest BCUT2D eigenvalue weighted by Gasteiger charge is -2.25. The van der Waals surface area contributed by atoms with Crippen LogP contribution in [-0.2, 0) is 38.8 Å². The van der Waals surface area contributed by atoms with Gasteiger partial charge >= 0.3 is 0 Å². The lowest BCUT2D eigenvalue weighted by atomic mass is 9.99. The van der Waals surface area contributed by atoms with Gasteiger partial charge in [-0.15, -0.1) is 0 Å². The molecule has 6 heteroatoms. The van der Waals surface area contributed by atoms with Crippen molar-refractivity contribution in [3.63, 3.8) is 0 Å². The van der Waals surface area contributed by atoms with E-state index in [9.17, 15) is 13.2 Å². The Kier molecular flexibility index (Phi) is 5.97. The summed E-state index contributed by atoms with van der Waals surface area (Å²) in [7, 11) is -3.29. The summed E-state index contributed by atoms with van der Waals surface area (Å²) in [6.07, 6.45) is 0.978. The molecule has 0 spiro atoms. The second kappa shape index (κ2) is 8.23. The molecule has 0 radical (unpaired) electrons. The van der Waals surface area contributed by atoms with Crippen LogP contribution in [0.5, 0.6) is 0 Å². The average molecular weight is 388 g/mol. The van der Waals surface area contributed by atoms with Crippen molar-refractivity contribution in [2.75, 3.05) is 6.54 Å². The second-order valence-corrected chi connectivity index (χ2v) is 9.63. The number of ether oxygens (including phenoxy) is 1. The van der Waals surface area contributed by atoms with Crippen molar-refractivity contribution in [2.24, 2.45) is 0 Å². The van der Waals surface area contributed by atoms with Gasteiger partial charge in [0.25, 0.3) is 0 Å². The Morgan fingerprint density at radius 2 is 1.78 bits per heavy atom. The molecule has 2 aromatic rings. The Labute approximate surface area is 160 Å². The molecule has 1 amide bonds. The number of carbonyl (C=O) groups excluding carboxylic acids is 1. The van der Waals surface area contributed by atoms with Crippen LogP contribution < -0.4 is 5.32 Å². The molecular formula is C21H25NO4S. The van der Waals surface area contributed by atoms with Crippen molar-refractivity contribution < 1.29 is 17.9 Å². The van der Waals surface area contributed by atoms with Gasteiger partial charge in [0.2, 0.25) is 5.91 Å². The van der Waals surface area contributed by atoms with Crippen LogP contribution in [0.4, 0.5) is 0 Å². The summed E-state index contributed by atoms with van der Waals surface area (Å²) >= 11 is 0. The van der Waals surface area contributed by atoms with Gasteiger partial charge in [-0.1, -0.05) is 36.4 Å². The van der Waals surface area contributed by atoms with Gasteiger partial charge in [0, 0.05) is 13.0 Å². The highest BCUT2D eigenvalue weighted by Crippen LogP contribution is 2.20. The van der Waals surface area contributed by atoms with Crippen molar-refractivity contribution in [1.29, 1.82) is 0 Å². The molecule has 27 heavy (non-hydrogen) atoms. The monoisotopic (exact) mass is 387 g/mol. The van der Waals surface area contributed by atoms with Crippen molar-refractivity contribution >= 4 is 15.7 Å². The fourth-order valence-corrected chi connectivity index (χ4v) is 4.14. The Hall–Kier alpha value is -2.18. The predicted octanol–water partition coefficient (Wildman–Crippen LogP) is 2.67. The number of benzene rings is 2. The van der Waals surface area contributed by atoms with Gasteiger partial charge < -0.3 is 10.1 Å². The second-order valence-electron chi connectivity index (χ2n) is 7.12. The highest BCUT2D eigenvalue weighted by atomic mass is 32.2. The van der Waals surface area contributed by atoms with Crippen LogP contribution in [-0.4, -0.2) is 32.2 Å². The standard InChI is InChI=1S/C21H25NO4S/c1-15(2)27(24,25)20-9-7-16(8-10-20)11-21(23)22-13-19-12-17-5-3-4-6-18(17)14-26-19/h3-10,15,19H,11-14H2,1-2H3,(H,22,23). The number of sulfone groups is 1. The SMILES string of the molecule is CC(C)S(=O)(=O)c1ccc(CC(=O)NCC2Cc3ccccc3CO2)cc1. The molecule has 1 atom stereocenters. The molecule has 1 unspecified atom stereocenters. The van der Waals surface area contributed by atoms with E-state index in [0.717, 1.165) is 12.0 Å². The number of amides is 1. The zero-order chi connectivity index (χ0) is 19.4. The summed E-state index contributed by atoms with van der Waals surface area (Å²) < 4.78 is 30.1. The van der Waals surface area contributed by atoms with Gasteiger partial charge in [0.05, 0.1) is 29.3 Å². The first-order chi connectivity index (χ1) is 12.9. The fraction of sp³-hybridized carbons (Fsp3) is 0.381. The topological polar surface area (TPSA) is 72.5 Å². The van der Waals surface area contributed by atoms with Gasteiger partial charge in [0.1, 0.15) is 0 Å². The molecular weight excluding hydrogens is 362 g/mol. The molecule has 3 rings (SSSR count). The molecule has 0 aromatic heterocycles. The summed E-state index contributed by atoms with van der Waals surface area (Å²) in [6.45, 7) is 4.35. The van der Waals surface area contributed by atoms with E-state index < -0.39 is 15.1 Å². The van der Waals surface area contributed by atoms with Crippen LogP contribution in [0.1, 0.15) is 30.5 Å². The lowest BCUT2D eigenvalue weighted by Crippen LogP contribution is -2.37. The number of fused-ring (bicyclic) bond motifs is 1. The highest BCUT2D eigenvalue weighted by molar-refractivity contribution is 7.92. The Bertz CT molecular complexity index is 904. The van der Waals surface area contributed by atoms with Crippen molar-refractivity contribution in [2.45, 2.75) is 49.5 Å². The molecule has 1 aliphatic rings. The number of hydrogen-bond donors (Lipinski definition) is 1. The first kappa shape index (κ1) is 19.6. The smallest absolute Gasteiger partial charge is 0.224 e. The first-order valence-electron chi connectivity index (χ1n) is 9.14. The van der Waals surface area contributed by atoms with Gasteiger partial charge in [-0.3, -0.25) is 4.79 Å². The summed E-state index contributed by atoms with van der Waals surface area (Å²) in [5.41, 5.74) is 3.26. The largest absolute Gasteiger partial charge is 0.371 e. The van der Waals surface area contributed by atoms with Gasteiger partial charge in [-0.25, -0.2) is 8.42 Å².